The van der Waals surface area contributed by atoms with Crippen LogP contribution < -0.4 is 11.1 Å². The van der Waals surface area contributed by atoms with Gasteiger partial charge in [0.2, 0.25) is 5.91 Å². The van der Waals surface area contributed by atoms with E-state index in [2.05, 4.69) is 5.32 Å². The molecule has 2 atom stereocenters. The molecule has 1 heterocycles. The van der Waals surface area contributed by atoms with Gasteiger partial charge in [-0.25, -0.2) is 0 Å². The maximum atomic E-state index is 10.7. The lowest BCUT2D eigenvalue weighted by Crippen LogP contribution is -2.48. The molecule has 10 heavy (non-hydrogen) atoms. The highest BCUT2D eigenvalue weighted by atomic mass is 16.3. The molecule has 0 saturated carbocycles. The predicted molar refractivity (Wildman–Crippen MR) is 36.2 cm³/mol. The fourth-order valence-electron chi connectivity index (χ4n) is 1.15. The number of aliphatic hydroxyl groups excluding tert-OH is 1. The van der Waals surface area contributed by atoms with Crippen molar-refractivity contribution in [3.8, 4) is 0 Å². The van der Waals surface area contributed by atoms with E-state index in [0.29, 0.717) is 12.8 Å². The zero-order valence-electron chi connectivity index (χ0n) is 5.71. The first-order valence-electron chi connectivity index (χ1n) is 3.38. The molecule has 0 aliphatic carbocycles. The van der Waals surface area contributed by atoms with E-state index in [9.17, 15) is 4.79 Å². The predicted octanol–water partition coefficient (Wildman–Crippen LogP) is -1.42. The Kier molecular flexibility index (Phi) is 2.24. The van der Waals surface area contributed by atoms with Crippen molar-refractivity contribution < 1.29 is 9.90 Å². The SMILES string of the molecule is N[C@H]1CC(=O)N[C@H](CO)C1. The van der Waals surface area contributed by atoms with E-state index in [-0.39, 0.29) is 24.6 Å². The van der Waals surface area contributed by atoms with Gasteiger partial charge >= 0.3 is 0 Å². The summed E-state index contributed by atoms with van der Waals surface area (Å²) in [5, 5.41) is 11.3. The van der Waals surface area contributed by atoms with Crippen LogP contribution in [0.25, 0.3) is 0 Å². The molecule has 1 aliphatic rings. The minimum atomic E-state index is -0.128. The summed E-state index contributed by atoms with van der Waals surface area (Å²) >= 11 is 0. The number of carbonyl (C=O) groups excluding carboxylic acids is 1. The molecule has 0 aromatic carbocycles. The molecule has 1 amide bonds. The molecular formula is C6H12N2O2. The Balaban J connectivity index is 2.42. The summed E-state index contributed by atoms with van der Waals surface area (Å²) in [6.07, 6.45) is 1.07. The third-order valence-corrected chi connectivity index (χ3v) is 1.62. The molecular weight excluding hydrogens is 132 g/mol. The first-order chi connectivity index (χ1) is 4.72. The van der Waals surface area contributed by atoms with Crippen LogP contribution in [0.15, 0.2) is 0 Å². The second kappa shape index (κ2) is 2.98. The summed E-state index contributed by atoms with van der Waals surface area (Å²) in [6, 6.07) is -0.206. The number of nitrogens with two attached hydrogens (primary N) is 1. The average molecular weight is 144 g/mol. The van der Waals surface area contributed by atoms with Crippen LogP contribution >= 0.6 is 0 Å². The number of carbonyl (C=O) groups is 1. The maximum Gasteiger partial charge on any atom is 0.221 e. The molecule has 4 heteroatoms. The van der Waals surface area contributed by atoms with Gasteiger partial charge in [-0.1, -0.05) is 0 Å². The van der Waals surface area contributed by atoms with Gasteiger partial charge in [-0.2, -0.15) is 0 Å². The van der Waals surface area contributed by atoms with Crippen molar-refractivity contribution in [3.05, 3.63) is 0 Å². The Hall–Kier alpha value is -0.610. The molecule has 0 unspecified atom stereocenters. The maximum absolute atomic E-state index is 10.7. The number of nitrogens with one attached hydrogen (secondary N) is 1. The number of amides is 1. The van der Waals surface area contributed by atoms with Crippen LogP contribution in [0.3, 0.4) is 0 Å². The van der Waals surface area contributed by atoms with Gasteiger partial charge in [0.15, 0.2) is 0 Å². The second-order valence-electron chi connectivity index (χ2n) is 2.65. The number of piperidine rings is 1. The quantitative estimate of drug-likeness (QED) is 0.423. The van der Waals surface area contributed by atoms with Gasteiger partial charge in [-0.3, -0.25) is 4.79 Å². The first kappa shape index (κ1) is 7.50. The van der Waals surface area contributed by atoms with Crippen molar-refractivity contribution in [1.82, 2.24) is 5.32 Å². The largest absolute Gasteiger partial charge is 0.394 e. The molecule has 1 rings (SSSR count). The summed E-state index contributed by atoms with van der Waals surface area (Å²) in [7, 11) is 0. The standard InChI is InChI=1S/C6H12N2O2/c7-4-1-5(3-9)8-6(10)2-4/h4-5,9H,1-3,7H2,(H,8,10)/t4-,5+/m1/s1. The highest BCUT2D eigenvalue weighted by molar-refractivity contribution is 5.77. The van der Waals surface area contributed by atoms with Crippen LogP contribution in [0.1, 0.15) is 12.8 Å². The molecule has 4 N–H and O–H groups in total. The molecule has 0 aromatic rings. The summed E-state index contributed by atoms with van der Waals surface area (Å²) < 4.78 is 0. The fourth-order valence-corrected chi connectivity index (χ4v) is 1.15. The summed E-state index contributed by atoms with van der Waals surface area (Å²) in [5.41, 5.74) is 5.52. The highest BCUT2D eigenvalue weighted by Gasteiger charge is 2.22. The van der Waals surface area contributed by atoms with Gasteiger partial charge in [0.05, 0.1) is 12.6 Å². The Morgan fingerprint density at radius 1 is 1.80 bits per heavy atom. The number of hydrogen-bond donors (Lipinski definition) is 3. The number of rotatable bonds is 1. The molecule has 0 aromatic heterocycles. The van der Waals surface area contributed by atoms with Gasteiger partial charge in [0.1, 0.15) is 0 Å². The van der Waals surface area contributed by atoms with E-state index in [1.165, 1.54) is 0 Å². The zero-order valence-corrected chi connectivity index (χ0v) is 5.71. The van der Waals surface area contributed by atoms with E-state index in [4.69, 9.17) is 10.8 Å². The summed E-state index contributed by atoms with van der Waals surface area (Å²) in [4.78, 5) is 10.7. The van der Waals surface area contributed by atoms with Gasteiger partial charge in [-0.15, -0.1) is 0 Å². The Morgan fingerprint density at radius 3 is 3.00 bits per heavy atom. The van der Waals surface area contributed by atoms with Gasteiger partial charge in [-0.05, 0) is 6.42 Å². The van der Waals surface area contributed by atoms with Crippen LogP contribution in [-0.4, -0.2) is 29.7 Å². The second-order valence-corrected chi connectivity index (χ2v) is 2.65. The average Bonchev–Trinajstić information content (AvgIpc) is 1.85. The molecule has 0 spiro atoms. The van der Waals surface area contributed by atoms with Crippen LogP contribution in [-0.2, 0) is 4.79 Å². The molecule has 1 fully saturated rings. The van der Waals surface area contributed by atoms with E-state index >= 15 is 0 Å². The minimum absolute atomic E-state index is 0.0144. The van der Waals surface area contributed by atoms with Crippen molar-refractivity contribution in [2.24, 2.45) is 5.73 Å². The van der Waals surface area contributed by atoms with Crippen molar-refractivity contribution >= 4 is 5.91 Å². The lowest BCUT2D eigenvalue weighted by molar-refractivity contribution is -0.124. The summed E-state index contributed by atoms with van der Waals surface area (Å²) in [5.74, 6) is -0.0576. The van der Waals surface area contributed by atoms with Crippen LogP contribution in [0.5, 0.6) is 0 Å². The van der Waals surface area contributed by atoms with Gasteiger partial charge in [0.25, 0.3) is 0 Å². The molecule has 0 bridgehead atoms. The van der Waals surface area contributed by atoms with Crippen molar-refractivity contribution in [3.63, 3.8) is 0 Å². The van der Waals surface area contributed by atoms with E-state index in [1.807, 2.05) is 0 Å². The molecule has 58 valence electrons. The smallest absolute Gasteiger partial charge is 0.221 e. The molecule has 1 aliphatic heterocycles. The molecule has 1 saturated heterocycles. The Bertz CT molecular complexity index is 138. The van der Waals surface area contributed by atoms with Gasteiger partial charge < -0.3 is 16.2 Å². The monoisotopic (exact) mass is 144 g/mol. The highest BCUT2D eigenvalue weighted by Crippen LogP contribution is 2.05. The van der Waals surface area contributed by atoms with E-state index in [1.54, 1.807) is 0 Å². The summed E-state index contributed by atoms with van der Waals surface area (Å²) in [6.45, 7) is -0.0144. The molecule has 4 nitrogen and oxygen atoms in total. The Labute approximate surface area is 59.4 Å². The molecule has 0 radical (unpaired) electrons. The van der Waals surface area contributed by atoms with Crippen molar-refractivity contribution in [2.75, 3.05) is 6.61 Å². The number of aliphatic hydroxyl groups is 1. The normalized spacial score (nSPS) is 33.6. The van der Waals surface area contributed by atoms with Crippen molar-refractivity contribution in [1.29, 1.82) is 0 Å². The minimum Gasteiger partial charge on any atom is -0.394 e. The third-order valence-electron chi connectivity index (χ3n) is 1.62. The van der Waals surface area contributed by atoms with E-state index in [0.717, 1.165) is 0 Å². The lowest BCUT2D eigenvalue weighted by atomic mass is 10.0. The van der Waals surface area contributed by atoms with Crippen LogP contribution in [0.4, 0.5) is 0 Å². The topological polar surface area (TPSA) is 75.4 Å². The zero-order chi connectivity index (χ0) is 7.56. The lowest BCUT2D eigenvalue weighted by Gasteiger charge is -2.25. The first-order valence-corrected chi connectivity index (χ1v) is 3.38. The third kappa shape index (κ3) is 1.68. The van der Waals surface area contributed by atoms with Crippen LogP contribution in [0.2, 0.25) is 0 Å². The van der Waals surface area contributed by atoms with Crippen LogP contribution in [0, 0.1) is 0 Å². The fraction of sp³-hybridized carbons (Fsp3) is 0.833. The van der Waals surface area contributed by atoms with E-state index < -0.39 is 0 Å². The number of hydrogen-bond acceptors (Lipinski definition) is 3. The van der Waals surface area contributed by atoms with Gasteiger partial charge in [0, 0.05) is 12.5 Å². The van der Waals surface area contributed by atoms with Crippen molar-refractivity contribution in [2.45, 2.75) is 24.9 Å². The Morgan fingerprint density at radius 2 is 2.50 bits per heavy atom.